The molecule has 6 heteroatoms. The Hall–Kier alpha value is -0.620. The van der Waals surface area contributed by atoms with E-state index < -0.39 is 5.97 Å². The van der Waals surface area contributed by atoms with E-state index in [2.05, 4.69) is 26.5 Å². The Kier molecular flexibility index (Phi) is 2.01. The molecule has 0 spiro atoms. The average Bonchev–Trinajstić information content (AvgIpc) is 2.37. The molecule has 0 radical (unpaired) electrons. The van der Waals surface area contributed by atoms with Crippen molar-refractivity contribution >= 4 is 30.4 Å². The molecule has 48 valence electrons. The van der Waals surface area contributed by atoms with Crippen molar-refractivity contribution in [1.29, 1.82) is 0 Å². The van der Waals surface area contributed by atoms with Gasteiger partial charge in [-0.15, -0.1) is 0 Å². The van der Waals surface area contributed by atoms with Crippen molar-refractivity contribution in [3.8, 4) is 0 Å². The number of rotatable bonds is 1. The molecule has 1 heterocycles. The second kappa shape index (κ2) is 2.79. The Morgan fingerprint density at radius 1 is 1.89 bits per heavy atom. The topological polar surface area (TPSA) is 52.1 Å². The number of hydrogen-bond acceptors (Lipinski definition) is 6. The van der Waals surface area contributed by atoms with E-state index >= 15 is 0 Å². The van der Waals surface area contributed by atoms with Crippen LogP contribution in [0.15, 0.2) is 5.51 Å². The zero-order valence-electron chi connectivity index (χ0n) is 4.14. The zero-order valence-corrected chi connectivity index (χ0v) is 5.85. The van der Waals surface area contributed by atoms with Crippen molar-refractivity contribution in [3.05, 3.63) is 11.3 Å². The lowest BCUT2D eigenvalue weighted by molar-refractivity contribution is 0.0761. The summed E-state index contributed by atoms with van der Waals surface area (Å²) in [6.45, 7) is 0. The molecule has 0 aromatic carbocycles. The minimum Gasteiger partial charge on any atom is -0.389 e. The molecule has 0 aliphatic carbocycles. The molecule has 0 amide bonds. The zero-order chi connectivity index (χ0) is 6.69. The SMILES string of the molecule is O=C(OS)c1ncsn1. The molecule has 0 unspecified atom stereocenters. The maximum Gasteiger partial charge on any atom is 0.389 e. The van der Waals surface area contributed by atoms with Crippen LogP contribution in [0.25, 0.3) is 0 Å². The van der Waals surface area contributed by atoms with Gasteiger partial charge in [-0.2, -0.15) is 4.37 Å². The first-order chi connectivity index (χ1) is 4.34. The predicted octanol–water partition coefficient (Wildman–Crippen LogP) is 0.540. The van der Waals surface area contributed by atoms with Crippen LogP contribution in [0.2, 0.25) is 0 Å². The highest BCUT2D eigenvalue weighted by atomic mass is 32.1. The largest absolute Gasteiger partial charge is 0.389 e. The summed E-state index contributed by atoms with van der Waals surface area (Å²) >= 11 is 4.36. The lowest BCUT2D eigenvalue weighted by Gasteiger charge is -1.85. The molecule has 0 aliphatic rings. The van der Waals surface area contributed by atoms with Crippen LogP contribution >= 0.6 is 24.4 Å². The van der Waals surface area contributed by atoms with Gasteiger partial charge in [-0.25, -0.2) is 9.78 Å². The van der Waals surface area contributed by atoms with Gasteiger partial charge in [0.25, 0.3) is 5.82 Å². The molecular formula is C3H2N2O2S2. The summed E-state index contributed by atoms with van der Waals surface area (Å²) in [4.78, 5) is 14.0. The first-order valence-corrected chi connectivity index (χ1v) is 3.17. The Balaban J connectivity index is 2.77. The van der Waals surface area contributed by atoms with Crippen molar-refractivity contribution in [3.63, 3.8) is 0 Å². The van der Waals surface area contributed by atoms with E-state index in [4.69, 9.17) is 0 Å². The van der Waals surface area contributed by atoms with Gasteiger partial charge in [0.05, 0.1) is 0 Å². The Bertz CT molecular complexity index is 198. The van der Waals surface area contributed by atoms with Gasteiger partial charge >= 0.3 is 5.97 Å². The standard InChI is InChI=1S/C3H2N2O2S2/c6-3(7-8)2-4-1-9-5-2/h1,8H. The molecule has 0 N–H and O–H groups in total. The van der Waals surface area contributed by atoms with Crippen LogP contribution in [0.3, 0.4) is 0 Å². The van der Waals surface area contributed by atoms with E-state index in [0.717, 1.165) is 11.5 Å². The van der Waals surface area contributed by atoms with Crippen LogP contribution in [0.5, 0.6) is 0 Å². The third kappa shape index (κ3) is 1.39. The van der Waals surface area contributed by atoms with Gasteiger partial charge in [0.1, 0.15) is 5.51 Å². The number of thiol groups is 1. The third-order valence-corrected chi connectivity index (χ3v) is 1.27. The van der Waals surface area contributed by atoms with Crippen LogP contribution in [-0.2, 0) is 4.18 Å². The second-order valence-corrected chi connectivity index (χ2v) is 1.92. The summed E-state index contributed by atoms with van der Waals surface area (Å²) in [5, 5.41) is 0. The van der Waals surface area contributed by atoms with Gasteiger partial charge in [-0.05, 0) is 11.5 Å². The molecule has 0 aliphatic heterocycles. The first-order valence-electron chi connectivity index (χ1n) is 1.96. The van der Waals surface area contributed by atoms with Gasteiger partial charge in [0, 0.05) is 12.9 Å². The highest BCUT2D eigenvalue weighted by Gasteiger charge is 2.08. The minimum absolute atomic E-state index is 0.0509. The molecular weight excluding hydrogens is 160 g/mol. The molecule has 4 nitrogen and oxygen atoms in total. The summed E-state index contributed by atoms with van der Waals surface area (Å²) in [6.07, 6.45) is 0. The van der Waals surface area contributed by atoms with E-state index in [1.165, 1.54) is 5.51 Å². The van der Waals surface area contributed by atoms with Gasteiger partial charge in [0.2, 0.25) is 0 Å². The summed E-state index contributed by atoms with van der Waals surface area (Å²) in [5.41, 5.74) is 1.44. The first kappa shape index (κ1) is 6.50. The lowest BCUT2D eigenvalue weighted by atomic mass is 10.7. The molecule has 9 heavy (non-hydrogen) atoms. The van der Waals surface area contributed by atoms with Gasteiger partial charge < -0.3 is 4.18 Å². The molecule has 0 saturated heterocycles. The van der Waals surface area contributed by atoms with E-state index in [1.807, 2.05) is 0 Å². The average molecular weight is 162 g/mol. The summed E-state index contributed by atoms with van der Waals surface area (Å²) < 4.78 is 7.63. The molecule has 0 atom stereocenters. The predicted molar refractivity (Wildman–Crippen MR) is 34.3 cm³/mol. The summed E-state index contributed by atoms with van der Waals surface area (Å²) in [5.74, 6) is -0.574. The number of hydrogen-bond donors (Lipinski definition) is 1. The molecule has 1 aromatic rings. The van der Waals surface area contributed by atoms with E-state index in [0.29, 0.717) is 0 Å². The van der Waals surface area contributed by atoms with Crippen LogP contribution in [0.4, 0.5) is 0 Å². The maximum absolute atomic E-state index is 10.5. The van der Waals surface area contributed by atoms with Crippen molar-refractivity contribution in [2.75, 3.05) is 0 Å². The Morgan fingerprint density at radius 2 is 2.67 bits per heavy atom. The number of carbonyl (C=O) groups is 1. The second-order valence-electron chi connectivity index (χ2n) is 1.13. The van der Waals surface area contributed by atoms with Gasteiger partial charge in [-0.1, -0.05) is 0 Å². The number of aromatic nitrogens is 2. The Morgan fingerprint density at radius 3 is 3.11 bits per heavy atom. The highest BCUT2D eigenvalue weighted by Crippen LogP contribution is 1.97. The van der Waals surface area contributed by atoms with Gasteiger partial charge in [0.15, 0.2) is 0 Å². The number of nitrogens with zero attached hydrogens (tertiary/aromatic N) is 2. The lowest BCUT2D eigenvalue weighted by Crippen LogP contribution is -1.99. The fraction of sp³-hybridized carbons (Fsp3) is 0. The Labute approximate surface area is 60.7 Å². The molecule has 0 bridgehead atoms. The van der Waals surface area contributed by atoms with Crippen molar-refractivity contribution in [2.24, 2.45) is 0 Å². The van der Waals surface area contributed by atoms with Gasteiger partial charge in [-0.3, -0.25) is 0 Å². The quantitative estimate of drug-likeness (QED) is 0.483. The smallest absolute Gasteiger partial charge is 0.389 e. The monoisotopic (exact) mass is 162 g/mol. The van der Waals surface area contributed by atoms with Crippen LogP contribution in [0.1, 0.15) is 10.6 Å². The minimum atomic E-state index is -0.625. The van der Waals surface area contributed by atoms with Crippen LogP contribution in [-0.4, -0.2) is 15.3 Å². The van der Waals surface area contributed by atoms with Crippen LogP contribution < -0.4 is 0 Å². The molecule has 1 rings (SSSR count). The third-order valence-electron chi connectivity index (χ3n) is 0.627. The molecule has 1 aromatic heterocycles. The highest BCUT2D eigenvalue weighted by molar-refractivity contribution is 7.75. The summed E-state index contributed by atoms with van der Waals surface area (Å²) in [7, 11) is 0. The van der Waals surface area contributed by atoms with Crippen molar-refractivity contribution in [2.45, 2.75) is 0 Å². The van der Waals surface area contributed by atoms with Crippen molar-refractivity contribution in [1.82, 2.24) is 9.36 Å². The fourth-order valence-electron chi connectivity index (χ4n) is 0.301. The maximum atomic E-state index is 10.5. The summed E-state index contributed by atoms with van der Waals surface area (Å²) in [6, 6.07) is 0. The fourth-order valence-corrected chi connectivity index (χ4v) is 0.799. The van der Waals surface area contributed by atoms with E-state index in [1.54, 1.807) is 0 Å². The normalized spacial score (nSPS) is 9.00. The van der Waals surface area contributed by atoms with E-state index in [-0.39, 0.29) is 5.82 Å². The molecule has 0 fully saturated rings. The number of carbonyl (C=O) groups excluding carboxylic acids is 1. The molecule has 0 saturated carbocycles. The van der Waals surface area contributed by atoms with E-state index in [9.17, 15) is 4.79 Å². The van der Waals surface area contributed by atoms with Crippen molar-refractivity contribution < 1.29 is 8.98 Å². The van der Waals surface area contributed by atoms with Crippen LogP contribution in [0, 0.1) is 0 Å².